The molecule has 2 aromatic carbocycles. The molecule has 0 spiro atoms. The van der Waals surface area contributed by atoms with Crippen LogP contribution in [0.4, 0.5) is 24.7 Å². The van der Waals surface area contributed by atoms with Crippen molar-refractivity contribution in [3.8, 4) is 0 Å². The fraction of sp³-hybridized carbons (Fsp3) is 0.318. The number of benzene rings is 2. The highest BCUT2D eigenvalue weighted by molar-refractivity contribution is 7.92. The van der Waals surface area contributed by atoms with Crippen molar-refractivity contribution in [2.75, 3.05) is 30.4 Å². The third-order valence-corrected chi connectivity index (χ3v) is 7.05. The number of ether oxygens (including phenoxy) is 1. The molecule has 1 amide bonds. The minimum atomic E-state index is -5.70. The Hall–Kier alpha value is -3.25. The number of halogens is 3. The Balaban J connectivity index is 1.75. The third-order valence-electron chi connectivity index (χ3n) is 5.52. The first kappa shape index (κ1) is 23.9. The maximum Gasteiger partial charge on any atom is 0.501 e. The molecule has 8 nitrogen and oxygen atoms in total. The van der Waals surface area contributed by atoms with Crippen molar-refractivity contribution >= 4 is 38.2 Å². The van der Waals surface area contributed by atoms with Crippen LogP contribution < -0.4 is 10.6 Å². The maximum absolute atomic E-state index is 13.5. The van der Waals surface area contributed by atoms with Gasteiger partial charge in [-0.25, -0.2) is 18.4 Å². The van der Waals surface area contributed by atoms with Gasteiger partial charge in [-0.05, 0) is 43.0 Å². The van der Waals surface area contributed by atoms with Crippen LogP contribution in [-0.4, -0.2) is 49.6 Å². The van der Waals surface area contributed by atoms with Crippen molar-refractivity contribution in [2.45, 2.75) is 23.2 Å². The normalized spacial score (nSPS) is 15.3. The van der Waals surface area contributed by atoms with Gasteiger partial charge < -0.3 is 15.4 Å². The Labute approximate surface area is 193 Å². The maximum atomic E-state index is 13.5. The lowest BCUT2D eigenvalue weighted by Gasteiger charge is -2.23. The lowest BCUT2D eigenvalue weighted by atomic mass is 10.0. The molecular formula is C22H21F3N4O4S. The van der Waals surface area contributed by atoms with E-state index >= 15 is 0 Å². The van der Waals surface area contributed by atoms with Crippen molar-refractivity contribution in [1.82, 2.24) is 9.97 Å². The second kappa shape index (κ2) is 9.55. The molecule has 0 unspecified atom stereocenters. The van der Waals surface area contributed by atoms with Gasteiger partial charge in [0.25, 0.3) is 15.7 Å². The predicted octanol–water partition coefficient (Wildman–Crippen LogP) is 4.01. The molecule has 0 aliphatic carbocycles. The average Bonchev–Trinajstić information content (AvgIpc) is 2.83. The van der Waals surface area contributed by atoms with Gasteiger partial charge >= 0.3 is 5.51 Å². The first-order valence-electron chi connectivity index (χ1n) is 10.4. The standard InChI is InChI=1S/C22H21F3N4O4S/c23-22(24,25)34(31,32)19-10-16-17(11-18(19)26-12-14-6-8-33-9-7-14)27-13-28-20(16)29-21(30)15-4-2-1-3-5-15/h1-5,10-11,13-14,26H,6-9,12H2,(H,27,28,29,30). The molecule has 0 atom stereocenters. The van der Waals surface area contributed by atoms with E-state index in [1.165, 1.54) is 6.07 Å². The van der Waals surface area contributed by atoms with Gasteiger partial charge in [0.15, 0.2) is 0 Å². The van der Waals surface area contributed by atoms with Crippen LogP contribution in [0.15, 0.2) is 53.7 Å². The summed E-state index contributed by atoms with van der Waals surface area (Å²) in [6.07, 6.45) is 2.56. The number of aromatic nitrogens is 2. The van der Waals surface area contributed by atoms with Crippen LogP contribution in [0, 0.1) is 5.92 Å². The minimum Gasteiger partial charge on any atom is -0.384 e. The molecule has 0 bridgehead atoms. The number of anilines is 2. The number of amides is 1. The molecule has 34 heavy (non-hydrogen) atoms. The number of carbonyl (C=O) groups is 1. The first-order valence-corrected chi connectivity index (χ1v) is 11.9. The van der Waals surface area contributed by atoms with Gasteiger partial charge in [-0.1, -0.05) is 18.2 Å². The van der Waals surface area contributed by atoms with E-state index in [4.69, 9.17) is 4.74 Å². The third kappa shape index (κ3) is 4.97. The van der Waals surface area contributed by atoms with Crippen LogP contribution >= 0.6 is 0 Å². The van der Waals surface area contributed by atoms with E-state index in [9.17, 15) is 26.4 Å². The largest absolute Gasteiger partial charge is 0.501 e. The summed E-state index contributed by atoms with van der Waals surface area (Å²) in [7, 11) is -5.70. The Morgan fingerprint density at radius 1 is 1.09 bits per heavy atom. The molecule has 0 saturated carbocycles. The molecule has 2 heterocycles. The number of rotatable bonds is 6. The topological polar surface area (TPSA) is 110 Å². The van der Waals surface area contributed by atoms with E-state index in [-0.39, 0.29) is 34.9 Å². The second-order valence-corrected chi connectivity index (χ2v) is 9.70. The second-order valence-electron chi connectivity index (χ2n) is 7.79. The number of hydrogen-bond donors (Lipinski definition) is 2. The number of carbonyl (C=O) groups excluding carboxylic acids is 1. The monoisotopic (exact) mass is 494 g/mol. The molecule has 0 radical (unpaired) electrons. The van der Waals surface area contributed by atoms with Gasteiger partial charge in [0.1, 0.15) is 17.0 Å². The molecule has 180 valence electrons. The van der Waals surface area contributed by atoms with E-state index in [1.807, 2.05) is 0 Å². The molecule has 1 fully saturated rings. The van der Waals surface area contributed by atoms with Gasteiger partial charge in [-0.2, -0.15) is 13.2 Å². The summed E-state index contributed by atoms with van der Waals surface area (Å²) in [6.45, 7) is 1.35. The van der Waals surface area contributed by atoms with Crippen LogP contribution in [-0.2, 0) is 14.6 Å². The highest BCUT2D eigenvalue weighted by atomic mass is 32.2. The van der Waals surface area contributed by atoms with E-state index in [0.29, 0.717) is 31.6 Å². The zero-order valence-corrected chi connectivity index (χ0v) is 18.6. The zero-order chi connectivity index (χ0) is 24.3. The molecular weight excluding hydrogens is 473 g/mol. The number of nitrogens with zero attached hydrogens (tertiary/aromatic N) is 2. The molecule has 4 rings (SSSR count). The van der Waals surface area contributed by atoms with Crippen LogP contribution in [0.3, 0.4) is 0 Å². The van der Waals surface area contributed by atoms with E-state index in [0.717, 1.165) is 12.4 Å². The van der Waals surface area contributed by atoms with Gasteiger partial charge in [0.05, 0.1) is 11.2 Å². The van der Waals surface area contributed by atoms with Crippen molar-refractivity contribution in [1.29, 1.82) is 0 Å². The Morgan fingerprint density at radius 3 is 2.47 bits per heavy atom. The smallest absolute Gasteiger partial charge is 0.384 e. The summed E-state index contributed by atoms with van der Waals surface area (Å²) in [5.41, 5.74) is -5.25. The lowest BCUT2D eigenvalue weighted by Crippen LogP contribution is -2.26. The molecule has 12 heteroatoms. The fourth-order valence-corrected chi connectivity index (χ4v) is 4.59. The highest BCUT2D eigenvalue weighted by Gasteiger charge is 2.48. The summed E-state index contributed by atoms with van der Waals surface area (Å²) in [6, 6.07) is 10.2. The van der Waals surface area contributed by atoms with Crippen molar-refractivity contribution in [3.63, 3.8) is 0 Å². The number of nitrogens with one attached hydrogen (secondary N) is 2. The lowest BCUT2D eigenvalue weighted by molar-refractivity contribution is -0.0435. The molecule has 2 N–H and O–H groups in total. The highest BCUT2D eigenvalue weighted by Crippen LogP contribution is 2.38. The van der Waals surface area contributed by atoms with Crippen molar-refractivity contribution in [2.24, 2.45) is 5.92 Å². The Kier molecular flexibility index (Phi) is 6.71. The molecule has 1 aliphatic heterocycles. The number of sulfone groups is 1. The van der Waals surface area contributed by atoms with Gasteiger partial charge in [-0.15, -0.1) is 0 Å². The minimum absolute atomic E-state index is 0.0359. The molecule has 1 aliphatic rings. The van der Waals surface area contributed by atoms with Crippen molar-refractivity contribution in [3.05, 3.63) is 54.4 Å². The summed E-state index contributed by atoms with van der Waals surface area (Å²) >= 11 is 0. The van der Waals surface area contributed by atoms with Gasteiger partial charge in [0, 0.05) is 30.7 Å². The Morgan fingerprint density at radius 2 is 1.79 bits per heavy atom. The van der Waals surface area contributed by atoms with Crippen LogP contribution in [0.2, 0.25) is 0 Å². The fourth-order valence-electron chi connectivity index (χ4n) is 3.64. The van der Waals surface area contributed by atoms with Gasteiger partial charge in [0.2, 0.25) is 0 Å². The zero-order valence-electron chi connectivity index (χ0n) is 17.8. The van der Waals surface area contributed by atoms with Crippen LogP contribution in [0.25, 0.3) is 10.9 Å². The summed E-state index contributed by atoms with van der Waals surface area (Å²) < 4.78 is 70.6. The van der Waals surface area contributed by atoms with Crippen molar-refractivity contribution < 1.29 is 31.1 Å². The molecule has 1 saturated heterocycles. The van der Waals surface area contributed by atoms with E-state index < -0.39 is 26.1 Å². The average molecular weight is 494 g/mol. The summed E-state index contributed by atoms with van der Waals surface area (Å²) in [5, 5.41) is 5.34. The number of alkyl halides is 3. The van der Waals surface area contributed by atoms with E-state index in [1.54, 1.807) is 30.3 Å². The van der Waals surface area contributed by atoms with Crippen LogP contribution in [0.1, 0.15) is 23.2 Å². The molecule has 1 aromatic heterocycles. The Bertz CT molecular complexity index is 1290. The summed E-state index contributed by atoms with van der Waals surface area (Å²) in [5.74, 6) is -0.534. The van der Waals surface area contributed by atoms with Gasteiger partial charge in [-0.3, -0.25) is 4.79 Å². The number of hydrogen-bond acceptors (Lipinski definition) is 7. The van der Waals surface area contributed by atoms with Crippen LogP contribution in [0.5, 0.6) is 0 Å². The quantitative estimate of drug-likeness (QED) is 0.533. The molecule has 3 aromatic rings. The summed E-state index contributed by atoms with van der Waals surface area (Å²) in [4.78, 5) is 19.6. The number of fused-ring (bicyclic) bond motifs is 1. The van der Waals surface area contributed by atoms with E-state index in [2.05, 4.69) is 20.6 Å². The SMILES string of the molecule is O=C(Nc1ncnc2cc(NCC3CCOCC3)c(S(=O)(=O)C(F)(F)F)cc12)c1ccccc1. The first-order chi connectivity index (χ1) is 16.2. The predicted molar refractivity (Wildman–Crippen MR) is 119 cm³/mol.